The summed E-state index contributed by atoms with van der Waals surface area (Å²) < 4.78 is 0. The fourth-order valence-corrected chi connectivity index (χ4v) is 4.41. The van der Waals surface area contributed by atoms with E-state index in [-0.39, 0.29) is 18.6 Å². The summed E-state index contributed by atoms with van der Waals surface area (Å²) in [5, 5.41) is 36.6. The number of carboxylic acid groups (broad SMARTS) is 2. The minimum Gasteiger partial charge on any atom is -0.508 e. The number of rotatable bonds is 14. The predicted octanol–water partition coefficient (Wildman–Crippen LogP) is 0.656. The molecule has 0 aliphatic heterocycles. The molecule has 0 bridgehead atoms. The summed E-state index contributed by atoms with van der Waals surface area (Å²) in [6.07, 6.45) is 0.929. The van der Waals surface area contributed by atoms with Crippen molar-refractivity contribution >= 4 is 40.6 Å². The lowest BCUT2D eigenvalue weighted by atomic mass is 10.00. The smallest absolute Gasteiger partial charge is 0.326 e. The molecule has 42 heavy (non-hydrogen) atoms. The van der Waals surface area contributed by atoms with Crippen LogP contribution in [0.5, 0.6) is 5.75 Å². The lowest BCUT2D eigenvalue weighted by Crippen LogP contribution is -2.58. The molecule has 4 unspecified atom stereocenters. The van der Waals surface area contributed by atoms with E-state index < -0.39 is 66.2 Å². The molecule has 2 aromatic carbocycles. The molecule has 4 atom stereocenters. The lowest BCUT2D eigenvalue weighted by molar-refractivity contribution is -0.143. The normalized spacial score (nSPS) is 14.0. The zero-order valence-corrected chi connectivity index (χ0v) is 23.2. The van der Waals surface area contributed by atoms with Gasteiger partial charge >= 0.3 is 11.9 Å². The van der Waals surface area contributed by atoms with Gasteiger partial charge in [0.1, 0.15) is 23.9 Å². The van der Waals surface area contributed by atoms with Crippen molar-refractivity contribution in [3.8, 4) is 5.75 Å². The Balaban J connectivity index is 1.91. The van der Waals surface area contributed by atoms with Crippen LogP contribution in [0.15, 0.2) is 54.7 Å². The molecule has 0 spiro atoms. The second-order valence-corrected chi connectivity index (χ2v) is 10.3. The Labute approximate surface area is 241 Å². The number of aromatic hydroxyl groups is 1. The average Bonchev–Trinajstić information content (AvgIpc) is 3.33. The number of fused-ring (bicyclic) bond motifs is 1. The minimum absolute atomic E-state index is 0.00950. The SMILES string of the molecule is CC(C)C(NC(=O)C(Cc1c[nH]c2ccccc12)NC(=O)C(Cc1ccc(O)cc1)NC(=O)C(N)CC(=O)O)C(=O)O. The van der Waals surface area contributed by atoms with E-state index in [4.69, 9.17) is 10.8 Å². The van der Waals surface area contributed by atoms with E-state index in [1.165, 1.54) is 24.3 Å². The number of H-pyrrole nitrogens is 1. The first-order valence-corrected chi connectivity index (χ1v) is 13.3. The molecule has 1 heterocycles. The van der Waals surface area contributed by atoms with Crippen LogP contribution in [0.25, 0.3) is 10.9 Å². The highest BCUT2D eigenvalue weighted by Gasteiger charge is 2.32. The summed E-state index contributed by atoms with van der Waals surface area (Å²) in [6.45, 7) is 3.27. The van der Waals surface area contributed by atoms with Gasteiger partial charge in [0.05, 0.1) is 12.5 Å². The number of nitrogens with one attached hydrogen (secondary N) is 4. The number of hydrogen-bond acceptors (Lipinski definition) is 7. The lowest BCUT2D eigenvalue weighted by Gasteiger charge is -2.26. The van der Waals surface area contributed by atoms with Crippen LogP contribution in [0.1, 0.15) is 31.4 Å². The van der Waals surface area contributed by atoms with Crippen molar-refractivity contribution in [2.24, 2.45) is 11.7 Å². The van der Waals surface area contributed by atoms with Gasteiger partial charge in [0.25, 0.3) is 0 Å². The molecule has 9 N–H and O–H groups in total. The third-order valence-electron chi connectivity index (χ3n) is 6.70. The summed E-state index contributed by atoms with van der Waals surface area (Å²) in [5.74, 6) is -5.41. The molecule has 0 fully saturated rings. The number of amides is 3. The van der Waals surface area contributed by atoms with Crippen molar-refractivity contribution in [2.75, 3.05) is 0 Å². The van der Waals surface area contributed by atoms with E-state index >= 15 is 0 Å². The fourth-order valence-electron chi connectivity index (χ4n) is 4.41. The zero-order valence-electron chi connectivity index (χ0n) is 23.2. The molecule has 13 nitrogen and oxygen atoms in total. The van der Waals surface area contributed by atoms with Gasteiger partial charge in [0, 0.05) is 29.9 Å². The zero-order chi connectivity index (χ0) is 31.0. The van der Waals surface area contributed by atoms with Crippen molar-refractivity contribution in [3.05, 3.63) is 65.9 Å². The maximum atomic E-state index is 13.6. The number of carboxylic acids is 2. The van der Waals surface area contributed by atoms with Crippen molar-refractivity contribution in [3.63, 3.8) is 0 Å². The average molecular weight is 582 g/mol. The van der Waals surface area contributed by atoms with E-state index in [2.05, 4.69) is 20.9 Å². The number of aliphatic carboxylic acids is 2. The van der Waals surface area contributed by atoms with Gasteiger partial charge in [-0.05, 0) is 35.2 Å². The highest BCUT2D eigenvalue weighted by Crippen LogP contribution is 2.20. The van der Waals surface area contributed by atoms with E-state index in [9.17, 15) is 34.2 Å². The monoisotopic (exact) mass is 581 g/mol. The molecular formula is C29H35N5O8. The van der Waals surface area contributed by atoms with Crippen LogP contribution in [0, 0.1) is 5.92 Å². The largest absolute Gasteiger partial charge is 0.508 e. The van der Waals surface area contributed by atoms with Crippen LogP contribution in [0.2, 0.25) is 0 Å². The Morgan fingerprint density at radius 1 is 0.833 bits per heavy atom. The third-order valence-corrected chi connectivity index (χ3v) is 6.70. The molecule has 3 amide bonds. The van der Waals surface area contributed by atoms with Crippen molar-refractivity contribution < 1.29 is 39.3 Å². The molecule has 0 aliphatic carbocycles. The molecule has 1 aromatic heterocycles. The van der Waals surface area contributed by atoms with Crippen LogP contribution in [0.3, 0.4) is 0 Å². The second-order valence-electron chi connectivity index (χ2n) is 10.3. The topological polar surface area (TPSA) is 224 Å². The standard InChI is InChI=1S/C29H35N5O8/c1-15(2)25(29(41)42)34-28(40)23(12-17-14-31-21-6-4-3-5-19(17)21)33-27(39)22(11-16-7-9-18(35)10-8-16)32-26(38)20(30)13-24(36)37/h3-10,14-15,20,22-23,25,31,35H,11-13,30H2,1-2H3,(H,32,38)(H,33,39)(H,34,40)(H,36,37)(H,41,42). The van der Waals surface area contributed by atoms with Crippen LogP contribution < -0.4 is 21.7 Å². The van der Waals surface area contributed by atoms with Gasteiger partial charge in [-0.25, -0.2) is 4.79 Å². The van der Waals surface area contributed by atoms with Crippen LogP contribution in [-0.2, 0) is 36.8 Å². The van der Waals surface area contributed by atoms with Crippen molar-refractivity contribution in [1.29, 1.82) is 0 Å². The summed E-state index contributed by atoms with van der Waals surface area (Å²) in [7, 11) is 0. The Hall–Kier alpha value is -4.91. The number of benzene rings is 2. The molecule has 224 valence electrons. The highest BCUT2D eigenvalue weighted by atomic mass is 16.4. The van der Waals surface area contributed by atoms with Gasteiger partial charge in [-0.3, -0.25) is 19.2 Å². The third kappa shape index (κ3) is 8.54. The van der Waals surface area contributed by atoms with Gasteiger partial charge in [-0.1, -0.05) is 44.2 Å². The number of para-hydroxylation sites is 1. The number of carbonyl (C=O) groups is 5. The summed E-state index contributed by atoms with van der Waals surface area (Å²) in [6, 6.07) is 8.00. The predicted molar refractivity (Wildman–Crippen MR) is 152 cm³/mol. The van der Waals surface area contributed by atoms with Crippen molar-refractivity contribution in [1.82, 2.24) is 20.9 Å². The van der Waals surface area contributed by atoms with Gasteiger partial charge in [0.2, 0.25) is 17.7 Å². The van der Waals surface area contributed by atoms with Gasteiger partial charge in [0.15, 0.2) is 0 Å². The van der Waals surface area contributed by atoms with E-state index in [0.29, 0.717) is 11.1 Å². The first-order valence-electron chi connectivity index (χ1n) is 13.3. The Kier molecular flexibility index (Phi) is 10.6. The Morgan fingerprint density at radius 2 is 1.43 bits per heavy atom. The quantitative estimate of drug-likeness (QED) is 0.134. The van der Waals surface area contributed by atoms with E-state index in [1.54, 1.807) is 20.0 Å². The first kappa shape index (κ1) is 31.6. The van der Waals surface area contributed by atoms with Crippen molar-refractivity contribution in [2.45, 2.75) is 57.3 Å². The Bertz CT molecular complexity index is 1440. The number of phenols is 1. The van der Waals surface area contributed by atoms with Crippen LogP contribution in [-0.4, -0.2) is 74.1 Å². The van der Waals surface area contributed by atoms with Gasteiger partial charge in [-0.2, -0.15) is 0 Å². The van der Waals surface area contributed by atoms with E-state index in [0.717, 1.165) is 10.9 Å². The molecular weight excluding hydrogens is 546 g/mol. The van der Waals surface area contributed by atoms with Crippen LogP contribution >= 0.6 is 0 Å². The van der Waals surface area contributed by atoms with E-state index in [1.807, 2.05) is 24.3 Å². The number of hydrogen-bond donors (Lipinski definition) is 8. The molecule has 0 saturated carbocycles. The number of aromatic nitrogens is 1. The fraction of sp³-hybridized carbons (Fsp3) is 0.345. The minimum atomic E-state index is -1.44. The Morgan fingerprint density at radius 3 is 2.05 bits per heavy atom. The van der Waals surface area contributed by atoms with Gasteiger partial charge < -0.3 is 42.0 Å². The molecule has 13 heteroatoms. The second kappa shape index (κ2) is 14.1. The number of nitrogens with two attached hydrogens (primary N) is 1. The van der Waals surface area contributed by atoms with Gasteiger partial charge in [-0.15, -0.1) is 0 Å². The summed E-state index contributed by atoms with van der Waals surface area (Å²) >= 11 is 0. The van der Waals surface area contributed by atoms with Crippen LogP contribution in [0.4, 0.5) is 0 Å². The number of carbonyl (C=O) groups excluding carboxylic acids is 3. The molecule has 0 radical (unpaired) electrons. The molecule has 3 aromatic rings. The first-order chi connectivity index (χ1) is 19.8. The molecule has 0 aliphatic rings. The number of phenolic OH excluding ortho intramolecular Hbond substituents is 1. The number of aromatic amines is 1. The summed E-state index contributed by atoms with van der Waals surface area (Å²) in [5.41, 5.74) is 7.73. The molecule has 0 saturated heterocycles. The highest BCUT2D eigenvalue weighted by molar-refractivity contribution is 5.95. The molecule has 3 rings (SSSR count). The maximum absolute atomic E-state index is 13.6. The summed E-state index contributed by atoms with van der Waals surface area (Å²) in [4.78, 5) is 65.7. The maximum Gasteiger partial charge on any atom is 0.326 e.